The lowest BCUT2D eigenvalue weighted by molar-refractivity contribution is -0.145. The van der Waals surface area contributed by atoms with Gasteiger partial charge in [0.15, 0.2) is 0 Å². The average molecular weight is 521 g/mol. The number of fused-ring (bicyclic) bond motifs is 1. The Morgan fingerprint density at radius 3 is 2.62 bits per heavy atom. The zero-order valence-electron chi connectivity index (χ0n) is 21.7. The van der Waals surface area contributed by atoms with Gasteiger partial charge in [-0.15, -0.1) is 11.3 Å². The van der Waals surface area contributed by atoms with Crippen LogP contribution < -0.4 is 4.74 Å². The van der Waals surface area contributed by atoms with Crippen LogP contribution in [0.4, 0.5) is 0 Å². The molecule has 0 radical (unpaired) electrons. The number of benzene rings is 1. The molecule has 37 heavy (non-hydrogen) atoms. The molecule has 0 spiro atoms. The minimum atomic E-state index is -0.181. The summed E-state index contributed by atoms with van der Waals surface area (Å²) < 4.78 is 11.8. The summed E-state index contributed by atoms with van der Waals surface area (Å²) in [6.45, 7) is 5.71. The second-order valence-electron chi connectivity index (χ2n) is 10.4. The monoisotopic (exact) mass is 520 g/mol. The van der Waals surface area contributed by atoms with Crippen molar-refractivity contribution in [3.63, 3.8) is 0 Å². The zero-order valence-corrected chi connectivity index (χ0v) is 22.5. The van der Waals surface area contributed by atoms with Gasteiger partial charge < -0.3 is 19.0 Å². The molecule has 1 aliphatic carbocycles. The number of amides is 2. The van der Waals surface area contributed by atoms with E-state index in [2.05, 4.69) is 37.4 Å². The van der Waals surface area contributed by atoms with Gasteiger partial charge in [0.25, 0.3) is 0 Å². The Balaban J connectivity index is 1.32. The van der Waals surface area contributed by atoms with Crippen LogP contribution in [0.3, 0.4) is 0 Å². The van der Waals surface area contributed by atoms with Gasteiger partial charge in [0.1, 0.15) is 24.7 Å². The molecule has 2 aromatic heterocycles. The number of rotatable bonds is 9. The van der Waals surface area contributed by atoms with E-state index in [0.29, 0.717) is 31.4 Å². The van der Waals surface area contributed by atoms with Crippen molar-refractivity contribution in [3.8, 4) is 5.75 Å². The molecule has 5 rings (SSSR count). The van der Waals surface area contributed by atoms with Crippen LogP contribution in [0.1, 0.15) is 73.3 Å². The van der Waals surface area contributed by atoms with E-state index in [0.717, 1.165) is 43.4 Å². The third kappa shape index (κ3) is 5.93. The van der Waals surface area contributed by atoms with Crippen LogP contribution in [0, 0.1) is 5.92 Å². The Morgan fingerprint density at radius 2 is 1.92 bits per heavy atom. The Kier molecular flexibility index (Phi) is 7.99. The average Bonchev–Trinajstić information content (AvgIpc) is 3.69. The van der Waals surface area contributed by atoms with Crippen molar-refractivity contribution in [1.82, 2.24) is 9.80 Å². The van der Waals surface area contributed by atoms with E-state index in [1.54, 1.807) is 22.5 Å². The topological polar surface area (TPSA) is 63.0 Å². The van der Waals surface area contributed by atoms with Gasteiger partial charge in [0, 0.05) is 17.3 Å². The maximum atomic E-state index is 13.8. The SMILES string of the molecule is CC(C)c1ccc(OC[C@@H]2c3ccsc3CCN2C(=O)CN(Cc2ccco2)C(=O)C2CCCC2)cc1. The van der Waals surface area contributed by atoms with Gasteiger partial charge in [-0.3, -0.25) is 9.59 Å². The van der Waals surface area contributed by atoms with Crippen molar-refractivity contribution in [2.75, 3.05) is 19.7 Å². The van der Waals surface area contributed by atoms with Gasteiger partial charge >= 0.3 is 0 Å². The molecule has 3 heterocycles. The van der Waals surface area contributed by atoms with Crippen molar-refractivity contribution in [1.29, 1.82) is 0 Å². The molecule has 1 fully saturated rings. The minimum absolute atomic E-state index is 0.000496. The first kappa shape index (κ1) is 25.6. The molecule has 2 amide bonds. The Morgan fingerprint density at radius 1 is 1.14 bits per heavy atom. The van der Waals surface area contributed by atoms with E-state index < -0.39 is 0 Å². The number of hydrogen-bond acceptors (Lipinski definition) is 5. The van der Waals surface area contributed by atoms with E-state index in [1.165, 1.54) is 10.4 Å². The third-order valence-electron chi connectivity index (χ3n) is 7.64. The lowest BCUT2D eigenvalue weighted by Gasteiger charge is -2.37. The summed E-state index contributed by atoms with van der Waals surface area (Å²) in [5, 5.41) is 2.09. The zero-order chi connectivity index (χ0) is 25.8. The van der Waals surface area contributed by atoms with Gasteiger partial charge in [-0.1, -0.05) is 38.8 Å². The third-order valence-corrected chi connectivity index (χ3v) is 8.64. The molecule has 6 nitrogen and oxygen atoms in total. The van der Waals surface area contributed by atoms with Gasteiger partial charge in [-0.2, -0.15) is 0 Å². The molecular formula is C30H36N2O4S. The summed E-state index contributed by atoms with van der Waals surface area (Å²) in [6.07, 6.45) is 6.38. The Hall–Kier alpha value is -3.06. The highest BCUT2D eigenvalue weighted by Crippen LogP contribution is 2.34. The number of ether oxygens (including phenoxy) is 1. The smallest absolute Gasteiger partial charge is 0.242 e. The molecule has 1 aliphatic heterocycles. The molecule has 0 saturated heterocycles. The molecule has 196 valence electrons. The molecule has 1 saturated carbocycles. The van der Waals surface area contributed by atoms with Crippen LogP contribution in [-0.2, 0) is 22.6 Å². The standard InChI is InChI=1S/C30H36N2O4S/c1-21(2)22-9-11-24(12-10-22)36-20-27-26-14-17-37-28(26)13-15-32(27)29(33)19-31(18-25-8-5-16-35-25)30(34)23-6-3-4-7-23/h5,8-12,14,16-17,21,23,27H,3-4,6-7,13,15,18-20H2,1-2H3/t27-/m1/s1. The second-order valence-corrected chi connectivity index (χ2v) is 11.4. The first-order valence-electron chi connectivity index (χ1n) is 13.4. The van der Waals surface area contributed by atoms with E-state index in [1.807, 2.05) is 29.2 Å². The fraction of sp³-hybridized carbons (Fsp3) is 0.467. The lowest BCUT2D eigenvalue weighted by Crippen LogP contribution is -2.48. The van der Waals surface area contributed by atoms with E-state index in [4.69, 9.17) is 9.15 Å². The Labute approximate surface area is 223 Å². The summed E-state index contributed by atoms with van der Waals surface area (Å²) in [5.41, 5.74) is 2.42. The van der Waals surface area contributed by atoms with Crippen molar-refractivity contribution in [3.05, 3.63) is 75.9 Å². The molecule has 1 atom stereocenters. The molecule has 0 unspecified atom stereocenters. The first-order valence-corrected chi connectivity index (χ1v) is 14.3. The van der Waals surface area contributed by atoms with Crippen molar-refractivity contribution >= 4 is 23.2 Å². The highest BCUT2D eigenvalue weighted by atomic mass is 32.1. The number of carbonyl (C=O) groups excluding carboxylic acids is 2. The predicted octanol–water partition coefficient (Wildman–Crippen LogP) is 6.19. The minimum Gasteiger partial charge on any atom is -0.491 e. The fourth-order valence-corrected chi connectivity index (χ4v) is 6.41. The van der Waals surface area contributed by atoms with E-state index in [-0.39, 0.29) is 30.3 Å². The van der Waals surface area contributed by atoms with Crippen LogP contribution >= 0.6 is 11.3 Å². The van der Waals surface area contributed by atoms with Crippen molar-refractivity contribution < 1.29 is 18.7 Å². The quantitative estimate of drug-likeness (QED) is 0.338. The predicted molar refractivity (Wildman–Crippen MR) is 145 cm³/mol. The molecule has 3 aromatic rings. The molecule has 7 heteroatoms. The number of nitrogens with zero attached hydrogens (tertiary/aromatic N) is 2. The van der Waals surface area contributed by atoms with Crippen LogP contribution in [0.25, 0.3) is 0 Å². The van der Waals surface area contributed by atoms with E-state index in [9.17, 15) is 9.59 Å². The normalized spacial score (nSPS) is 17.7. The summed E-state index contributed by atoms with van der Waals surface area (Å²) in [5.74, 6) is 1.98. The van der Waals surface area contributed by atoms with Crippen LogP contribution in [0.15, 0.2) is 58.5 Å². The van der Waals surface area contributed by atoms with Crippen molar-refractivity contribution in [2.24, 2.45) is 5.92 Å². The van der Waals surface area contributed by atoms with Crippen LogP contribution in [0.2, 0.25) is 0 Å². The number of furan rings is 1. The van der Waals surface area contributed by atoms with E-state index >= 15 is 0 Å². The van der Waals surface area contributed by atoms with Crippen LogP contribution in [-0.4, -0.2) is 41.3 Å². The van der Waals surface area contributed by atoms with Gasteiger partial charge in [-0.25, -0.2) is 0 Å². The molecule has 0 bridgehead atoms. The Bertz CT molecular complexity index is 1180. The van der Waals surface area contributed by atoms with Crippen LogP contribution in [0.5, 0.6) is 5.75 Å². The van der Waals surface area contributed by atoms with Crippen molar-refractivity contribution in [2.45, 2.75) is 64.5 Å². The largest absolute Gasteiger partial charge is 0.491 e. The molecular weight excluding hydrogens is 484 g/mol. The maximum absolute atomic E-state index is 13.8. The molecule has 2 aliphatic rings. The summed E-state index contributed by atoms with van der Waals surface area (Å²) >= 11 is 1.74. The second kappa shape index (κ2) is 11.5. The molecule has 1 aromatic carbocycles. The summed E-state index contributed by atoms with van der Waals surface area (Å²) in [6, 6.07) is 13.8. The fourth-order valence-electron chi connectivity index (χ4n) is 5.49. The lowest BCUT2D eigenvalue weighted by atomic mass is 10.00. The maximum Gasteiger partial charge on any atom is 0.242 e. The number of hydrogen-bond donors (Lipinski definition) is 0. The first-order chi connectivity index (χ1) is 18.0. The van der Waals surface area contributed by atoms with Gasteiger partial charge in [-0.05, 0) is 72.0 Å². The highest BCUT2D eigenvalue weighted by molar-refractivity contribution is 7.10. The number of carbonyl (C=O) groups is 2. The molecule has 0 N–H and O–H groups in total. The number of thiophene rings is 1. The van der Waals surface area contributed by atoms with Gasteiger partial charge in [0.05, 0.1) is 18.8 Å². The summed E-state index contributed by atoms with van der Waals surface area (Å²) in [4.78, 5) is 32.1. The van der Waals surface area contributed by atoms with Gasteiger partial charge in [0.2, 0.25) is 11.8 Å². The summed E-state index contributed by atoms with van der Waals surface area (Å²) in [7, 11) is 0. The highest BCUT2D eigenvalue weighted by Gasteiger charge is 2.35.